The molecule has 0 spiro atoms. The Labute approximate surface area is 139 Å². The summed E-state index contributed by atoms with van der Waals surface area (Å²) in [5.74, 6) is 0.568. The van der Waals surface area contributed by atoms with Crippen LogP contribution in [-0.4, -0.2) is 10.2 Å². The molecule has 2 nitrogen and oxygen atoms in total. The molecule has 0 aromatic heterocycles. The van der Waals surface area contributed by atoms with Gasteiger partial charge in [0.05, 0.1) is 0 Å². The highest BCUT2D eigenvalue weighted by atomic mass is 31.0. The molecule has 0 aliphatic carbocycles. The first kappa shape index (κ1) is 20.6. The minimum absolute atomic E-state index is 0. The Morgan fingerprint density at radius 2 is 0.909 bits per heavy atom. The maximum Gasteiger partial charge on any atom is 0.115 e. The van der Waals surface area contributed by atoms with Crippen molar-refractivity contribution in [2.75, 3.05) is 0 Å². The number of phenolic OH excluding ortho intramolecular Hbond substituents is 2. The summed E-state index contributed by atoms with van der Waals surface area (Å²) in [4.78, 5) is 0. The second-order valence-corrected chi connectivity index (χ2v) is 4.76. The van der Waals surface area contributed by atoms with E-state index in [-0.39, 0.29) is 31.3 Å². The number of hydrogen-bond acceptors (Lipinski definition) is 2. The van der Waals surface area contributed by atoms with Crippen molar-refractivity contribution in [2.45, 2.75) is 26.7 Å². The summed E-state index contributed by atoms with van der Waals surface area (Å²) in [6.45, 7) is 4.27. The molecular formula is C18H26O2P2. The molecule has 0 saturated carbocycles. The number of phenols is 2. The Bertz CT molecular complexity index is 546. The minimum Gasteiger partial charge on any atom is -0.508 e. The molecule has 0 bridgehead atoms. The van der Waals surface area contributed by atoms with Crippen molar-refractivity contribution in [1.82, 2.24) is 0 Å². The lowest BCUT2D eigenvalue weighted by Gasteiger charge is -2.14. The van der Waals surface area contributed by atoms with Gasteiger partial charge in [0.2, 0.25) is 0 Å². The Morgan fingerprint density at radius 1 is 0.636 bits per heavy atom. The quantitative estimate of drug-likeness (QED) is 0.613. The molecule has 0 amide bonds. The minimum atomic E-state index is 0. The molecule has 0 saturated heterocycles. The van der Waals surface area contributed by atoms with Crippen molar-refractivity contribution < 1.29 is 10.2 Å². The molecule has 22 heavy (non-hydrogen) atoms. The molecule has 2 N–H and O–H groups in total. The summed E-state index contributed by atoms with van der Waals surface area (Å²) in [5.41, 5.74) is 4.82. The van der Waals surface area contributed by atoms with E-state index < -0.39 is 0 Å². The average Bonchev–Trinajstić information content (AvgIpc) is 2.47. The summed E-state index contributed by atoms with van der Waals surface area (Å²) >= 11 is 0. The van der Waals surface area contributed by atoms with Crippen molar-refractivity contribution in [3.8, 4) is 11.5 Å². The molecule has 0 heterocycles. The normalized spacial score (nSPS) is 11.0. The van der Waals surface area contributed by atoms with E-state index in [0.29, 0.717) is 0 Å². The third-order valence-electron chi connectivity index (χ3n) is 3.50. The van der Waals surface area contributed by atoms with E-state index >= 15 is 0 Å². The van der Waals surface area contributed by atoms with Crippen LogP contribution in [0, 0.1) is 0 Å². The second-order valence-electron chi connectivity index (χ2n) is 4.76. The predicted octanol–water partition coefficient (Wildman–Crippen LogP) is 4.94. The van der Waals surface area contributed by atoms with Gasteiger partial charge in [0.1, 0.15) is 11.5 Å². The smallest absolute Gasteiger partial charge is 0.115 e. The first-order chi connectivity index (χ1) is 9.65. The van der Waals surface area contributed by atoms with E-state index in [0.717, 1.165) is 24.0 Å². The van der Waals surface area contributed by atoms with Gasteiger partial charge in [-0.05, 0) is 59.4 Å². The summed E-state index contributed by atoms with van der Waals surface area (Å²) in [6.07, 6.45) is 1.85. The van der Waals surface area contributed by atoms with E-state index in [1.165, 1.54) is 11.1 Å². The van der Waals surface area contributed by atoms with Gasteiger partial charge in [-0.2, -0.15) is 19.8 Å². The fourth-order valence-electron chi connectivity index (χ4n) is 2.51. The summed E-state index contributed by atoms with van der Waals surface area (Å²) in [5, 5.41) is 18.8. The van der Waals surface area contributed by atoms with Crippen LogP contribution in [0.3, 0.4) is 0 Å². The number of hydrogen-bond donors (Lipinski definition) is 2. The molecule has 4 heteroatoms. The Morgan fingerprint density at radius 3 is 1.14 bits per heavy atom. The largest absolute Gasteiger partial charge is 0.508 e. The molecule has 0 aliphatic rings. The summed E-state index contributed by atoms with van der Waals surface area (Å²) in [7, 11) is 0. The SMILES string of the molecule is CC/C(=C(/CC)c1ccc(O)cc1)c1ccc(O)cc1.P.P. The Hall–Kier alpha value is -1.36. The number of allylic oxidation sites excluding steroid dienone is 2. The van der Waals surface area contributed by atoms with Gasteiger partial charge in [0.25, 0.3) is 0 Å². The molecule has 120 valence electrons. The molecule has 0 radical (unpaired) electrons. The summed E-state index contributed by atoms with van der Waals surface area (Å²) < 4.78 is 0. The van der Waals surface area contributed by atoms with Crippen LogP contribution >= 0.6 is 19.8 Å². The van der Waals surface area contributed by atoms with Crippen LogP contribution in [-0.2, 0) is 0 Å². The first-order valence-electron chi connectivity index (χ1n) is 6.96. The molecule has 2 unspecified atom stereocenters. The van der Waals surface area contributed by atoms with Crippen LogP contribution in [0.25, 0.3) is 11.1 Å². The van der Waals surface area contributed by atoms with Gasteiger partial charge in [0.15, 0.2) is 0 Å². The van der Waals surface area contributed by atoms with E-state index in [4.69, 9.17) is 0 Å². The van der Waals surface area contributed by atoms with Gasteiger partial charge in [0, 0.05) is 0 Å². The van der Waals surface area contributed by atoms with Gasteiger partial charge in [-0.1, -0.05) is 38.1 Å². The second kappa shape index (κ2) is 9.62. The third-order valence-corrected chi connectivity index (χ3v) is 3.50. The molecule has 2 atom stereocenters. The van der Waals surface area contributed by atoms with Crippen LogP contribution in [0.5, 0.6) is 11.5 Å². The van der Waals surface area contributed by atoms with Crippen LogP contribution < -0.4 is 0 Å². The van der Waals surface area contributed by atoms with Gasteiger partial charge in [-0.3, -0.25) is 0 Å². The molecule has 0 aliphatic heterocycles. The van der Waals surface area contributed by atoms with Crippen LogP contribution in [0.2, 0.25) is 0 Å². The van der Waals surface area contributed by atoms with Crippen molar-refractivity contribution in [1.29, 1.82) is 0 Å². The van der Waals surface area contributed by atoms with Gasteiger partial charge >= 0.3 is 0 Å². The van der Waals surface area contributed by atoms with Gasteiger partial charge in [-0.15, -0.1) is 0 Å². The van der Waals surface area contributed by atoms with Crippen molar-refractivity contribution in [3.05, 3.63) is 59.7 Å². The maximum atomic E-state index is 9.41. The van der Waals surface area contributed by atoms with Crippen molar-refractivity contribution in [3.63, 3.8) is 0 Å². The lowest BCUT2D eigenvalue weighted by Crippen LogP contribution is -1.91. The zero-order chi connectivity index (χ0) is 14.5. The van der Waals surface area contributed by atoms with Crippen LogP contribution in [0.4, 0.5) is 0 Å². The lowest BCUT2D eigenvalue weighted by atomic mass is 9.91. The van der Waals surface area contributed by atoms with Gasteiger partial charge in [-0.25, -0.2) is 0 Å². The number of rotatable bonds is 4. The van der Waals surface area contributed by atoms with E-state index in [9.17, 15) is 10.2 Å². The average molecular weight is 336 g/mol. The number of benzene rings is 2. The Kier molecular flexibility index (Phi) is 9.02. The molecule has 2 aromatic carbocycles. The van der Waals surface area contributed by atoms with Gasteiger partial charge < -0.3 is 10.2 Å². The number of aromatic hydroxyl groups is 2. The highest BCUT2D eigenvalue weighted by Crippen LogP contribution is 2.32. The van der Waals surface area contributed by atoms with E-state index in [1.807, 2.05) is 24.3 Å². The fraction of sp³-hybridized carbons (Fsp3) is 0.222. The Balaban J connectivity index is 0.00000220. The van der Waals surface area contributed by atoms with Crippen LogP contribution in [0.15, 0.2) is 48.5 Å². The highest BCUT2D eigenvalue weighted by Gasteiger charge is 2.09. The predicted molar refractivity (Wildman–Crippen MR) is 106 cm³/mol. The molecule has 2 rings (SSSR count). The molecule has 0 fully saturated rings. The molecular weight excluding hydrogens is 310 g/mol. The lowest BCUT2D eigenvalue weighted by molar-refractivity contribution is 0.474. The first-order valence-corrected chi connectivity index (χ1v) is 6.96. The summed E-state index contributed by atoms with van der Waals surface area (Å²) in [6, 6.07) is 14.7. The van der Waals surface area contributed by atoms with E-state index in [1.54, 1.807) is 24.3 Å². The fourth-order valence-corrected chi connectivity index (χ4v) is 2.51. The third kappa shape index (κ3) is 4.83. The van der Waals surface area contributed by atoms with Crippen molar-refractivity contribution in [2.24, 2.45) is 0 Å². The van der Waals surface area contributed by atoms with Crippen LogP contribution in [0.1, 0.15) is 37.8 Å². The maximum absolute atomic E-state index is 9.41. The zero-order valence-corrected chi connectivity index (χ0v) is 16.2. The zero-order valence-electron chi connectivity index (χ0n) is 13.3. The topological polar surface area (TPSA) is 40.5 Å². The monoisotopic (exact) mass is 336 g/mol. The van der Waals surface area contributed by atoms with E-state index in [2.05, 4.69) is 13.8 Å². The standard InChI is InChI=1S/C18H20O2.2H3P/c1-3-17(13-5-9-15(19)10-6-13)18(4-2)14-7-11-16(20)12-8-14;;/h5-12,19-20H,3-4H2,1-2H3;2*1H3/b18-17+;;. The molecule has 2 aromatic rings. The van der Waals surface area contributed by atoms with Crippen molar-refractivity contribution >= 4 is 30.9 Å². The highest BCUT2D eigenvalue weighted by molar-refractivity contribution is 6.92.